The Bertz CT molecular complexity index is 240. The van der Waals surface area contributed by atoms with Gasteiger partial charge in [-0.05, 0) is 46.3 Å². The molecule has 4 nitrogen and oxygen atoms in total. The molecular weight excluding hydrogens is 228 g/mol. The number of hydrogen-bond donors (Lipinski definition) is 2. The minimum absolute atomic E-state index is 0.0987. The summed E-state index contributed by atoms with van der Waals surface area (Å²) in [5.41, 5.74) is -0.395. The van der Waals surface area contributed by atoms with Crippen molar-refractivity contribution < 1.29 is 9.90 Å². The number of hydrogen-bond acceptors (Lipinski definition) is 3. The van der Waals surface area contributed by atoms with E-state index in [9.17, 15) is 4.79 Å². The van der Waals surface area contributed by atoms with Gasteiger partial charge >= 0.3 is 0 Å². The molecule has 0 aromatic carbocycles. The normalized spacial score (nSPS) is 13.7. The quantitative estimate of drug-likeness (QED) is 0.661. The highest BCUT2D eigenvalue weighted by Gasteiger charge is 2.28. The first-order chi connectivity index (χ1) is 8.33. The molecule has 0 saturated heterocycles. The highest BCUT2D eigenvalue weighted by Crippen LogP contribution is 2.22. The Morgan fingerprint density at radius 1 is 1.39 bits per heavy atom. The predicted molar refractivity (Wildman–Crippen MR) is 75.5 cm³/mol. The second kappa shape index (κ2) is 8.48. The molecule has 1 atom stereocenters. The van der Waals surface area contributed by atoms with Crippen LogP contribution in [-0.2, 0) is 4.79 Å². The summed E-state index contributed by atoms with van der Waals surface area (Å²) in [5, 5.41) is 12.0. The summed E-state index contributed by atoms with van der Waals surface area (Å²) < 4.78 is 0. The Balaban J connectivity index is 4.23. The van der Waals surface area contributed by atoms with Gasteiger partial charge < -0.3 is 15.3 Å². The standard InChI is InChI=1S/C14H30N2O2/c1-6-12(8-10-16(4)5)15-13(18)14(2,3)9-7-11-17/h12,17H,6-11H2,1-5H3,(H,15,18). The van der Waals surface area contributed by atoms with Crippen LogP contribution < -0.4 is 5.32 Å². The molecule has 2 N–H and O–H groups in total. The fraction of sp³-hybridized carbons (Fsp3) is 0.929. The third kappa shape index (κ3) is 6.97. The number of nitrogens with zero attached hydrogens (tertiary/aromatic N) is 1. The number of rotatable bonds is 9. The maximum absolute atomic E-state index is 12.2. The summed E-state index contributed by atoms with van der Waals surface area (Å²) >= 11 is 0. The number of aliphatic hydroxyl groups excluding tert-OH is 1. The van der Waals surface area contributed by atoms with Gasteiger partial charge in [-0.3, -0.25) is 4.79 Å². The van der Waals surface area contributed by atoms with Crippen molar-refractivity contribution in [3.63, 3.8) is 0 Å². The molecule has 0 aromatic heterocycles. The van der Waals surface area contributed by atoms with Gasteiger partial charge in [-0.1, -0.05) is 20.8 Å². The maximum atomic E-state index is 12.2. The highest BCUT2D eigenvalue weighted by atomic mass is 16.3. The van der Waals surface area contributed by atoms with Crippen LogP contribution >= 0.6 is 0 Å². The van der Waals surface area contributed by atoms with Crippen molar-refractivity contribution >= 4 is 5.91 Å². The molecular formula is C14H30N2O2. The van der Waals surface area contributed by atoms with Gasteiger partial charge in [0.05, 0.1) is 0 Å². The van der Waals surface area contributed by atoms with Crippen LogP contribution in [0.15, 0.2) is 0 Å². The molecule has 0 radical (unpaired) electrons. The van der Waals surface area contributed by atoms with Crippen LogP contribution in [0.3, 0.4) is 0 Å². The highest BCUT2D eigenvalue weighted by molar-refractivity contribution is 5.82. The summed E-state index contributed by atoms with van der Waals surface area (Å²) in [6.07, 6.45) is 3.33. The molecule has 0 heterocycles. The van der Waals surface area contributed by atoms with E-state index >= 15 is 0 Å². The Labute approximate surface area is 112 Å². The van der Waals surface area contributed by atoms with Crippen LogP contribution in [0.5, 0.6) is 0 Å². The van der Waals surface area contributed by atoms with Crippen molar-refractivity contribution in [3.05, 3.63) is 0 Å². The SMILES string of the molecule is CCC(CCN(C)C)NC(=O)C(C)(C)CCCO. The molecule has 1 amide bonds. The van der Waals surface area contributed by atoms with Gasteiger partial charge in [0.15, 0.2) is 0 Å². The lowest BCUT2D eigenvalue weighted by Crippen LogP contribution is -2.43. The number of nitrogens with one attached hydrogen (secondary N) is 1. The van der Waals surface area contributed by atoms with Crippen LogP contribution in [0.25, 0.3) is 0 Å². The molecule has 0 spiro atoms. The fourth-order valence-electron chi connectivity index (χ4n) is 1.81. The molecule has 18 heavy (non-hydrogen) atoms. The van der Waals surface area contributed by atoms with Gasteiger partial charge in [0.25, 0.3) is 0 Å². The van der Waals surface area contributed by atoms with Gasteiger partial charge in [-0.25, -0.2) is 0 Å². The first kappa shape index (κ1) is 17.4. The zero-order chi connectivity index (χ0) is 14.2. The molecule has 4 heteroatoms. The topological polar surface area (TPSA) is 52.6 Å². The van der Waals surface area contributed by atoms with E-state index in [1.165, 1.54) is 0 Å². The molecule has 0 saturated carbocycles. The Hall–Kier alpha value is -0.610. The summed E-state index contributed by atoms with van der Waals surface area (Å²) in [6.45, 7) is 7.11. The second-order valence-electron chi connectivity index (χ2n) is 5.88. The minimum atomic E-state index is -0.395. The number of carbonyl (C=O) groups excluding carboxylic acids is 1. The first-order valence-corrected chi connectivity index (χ1v) is 6.90. The molecule has 0 aliphatic heterocycles. The molecule has 0 fully saturated rings. The van der Waals surface area contributed by atoms with Crippen molar-refractivity contribution in [2.75, 3.05) is 27.2 Å². The maximum Gasteiger partial charge on any atom is 0.225 e. The average Bonchev–Trinajstić information content (AvgIpc) is 2.31. The summed E-state index contributed by atoms with van der Waals surface area (Å²) in [7, 11) is 4.08. The van der Waals surface area contributed by atoms with E-state index in [0.29, 0.717) is 6.42 Å². The molecule has 0 aliphatic rings. The van der Waals surface area contributed by atoms with E-state index in [1.54, 1.807) is 0 Å². The van der Waals surface area contributed by atoms with E-state index in [4.69, 9.17) is 5.11 Å². The minimum Gasteiger partial charge on any atom is -0.396 e. The van der Waals surface area contributed by atoms with Crippen molar-refractivity contribution in [1.29, 1.82) is 0 Å². The van der Waals surface area contributed by atoms with E-state index in [2.05, 4.69) is 17.1 Å². The monoisotopic (exact) mass is 258 g/mol. The van der Waals surface area contributed by atoms with Gasteiger partial charge in [-0.15, -0.1) is 0 Å². The van der Waals surface area contributed by atoms with Gasteiger partial charge in [0.1, 0.15) is 0 Å². The predicted octanol–water partition coefficient (Wildman–Crippen LogP) is 1.63. The number of carbonyl (C=O) groups is 1. The third-order valence-electron chi connectivity index (χ3n) is 3.33. The van der Waals surface area contributed by atoms with Gasteiger partial charge in [0, 0.05) is 18.1 Å². The van der Waals surface area contributed by atoms with Crippen molar-refractivity contribution in [1.82, 2.24) is 10.2 Å². The van der Waals surface area contributed by atoms with Gasteiger partial charge in [0.2, 0.25) is 5.91 Å². The molecule has 0 bridgehead atoms. The summed E-state index contributed by atoms with van der Waals surface area (Å²) in [6, 6.07) is 0.244. The number of aliphatic hydroxyl groups is 1. The zero-order valence-corrected chi connectivity index (χ0v) is 12.6. The van der Waals surface area contributed by atoms with E-state index in [-0.39, 0.29) is 18.6 Å². The number of amides is 1. The Morgan fingerprint density at radius 3 is 2.44 bits per heavy atom. The first-order valence-electron chi connectivity index (χ1n) is 6.90. The lowest BCUT2D eigenvalue weighted by atomic mass is 9.86. The van der Waals surface area contributed by atoms with E-state index in [1.807, 2.05) is 27.9 Å². The van der Waals surface area contributed by atoms with E-state index in [0.717, 1.165) is 25.8 Å². The van der Waals surface area contributed by atoms with Crippen LogP contribution in [-0.4, -0.2) is 49.2 Å². The smallest absolute Gasteiger partial charge is 0.225 e. The van der Waals surface area contributed by atoms with Crippen LogP contribution in [0.4, 0.5) is 0 Å². The largest absolute Gasteiger partial charge is 0.396 e. The average molecular weight is 258 g/mol. The molecule has 0 aromatic rings. The second-order valence-corrected chi connectivity index (χ2v) is 5.88. The molecule has 1 unspecified atom stereocenters. The van der Waals surface area contributed by atoms with Crippen molar-refractivity contribution in [2.24, 2.45) is 5.41 Å². The van der Waals surface area contributed by atoms with E-state index < -0.39 is 5.41 Å². The Kier molecular flexibility index (Phi) is 8.20. The summed E-state index contributed by atoms with van der Waals surface area (Å²) in [5.74, 6) is 0.0987. The fourth-order valence-corrected chi connectivity index (χ4v) is 1.81. The Morgan fingerprint density at radius 2 is 2.00 bits per heavy atom. The zero-order valence-electron chi connectivity index (χ0n) is 12.6. The third-order valence-corrected chi connectivity index (χ3v) is 3.33. The molecule has 108 valence electrons. The van der Waals surface area contributed by atoms with Crippen LogP contribution in [0, 0.1) is 5.41 Å². The molecule has 0 rings (SSSR count). The van der Waals surface area contributed by atoms with Crippen LogP contribution in [0.2, 0.25) is 0 Å². The lowest BCUT2D eigenvalue weighted by Gasteiger charge is -2.27. The molecule has 0 aliphatic carbocycles. The van der Waals surface area contributed by atoms with Crippen molar-refractivity contribution in [2.45, 2.75) is 52.5 Å². The van der Waals surface area contributed by atoms with Gasteiger partial charge in [-0.2, -0.15) is 0 Å². The van der Waals surface area contributed by atoms with Crippen molar-refractivity contribution in [3.8, 4) is 0 Å². The van der Waals surface area contributed by atoms with Crippen LogP contribution in [0.1, 0.15) is 46.5 Å². The lowest BCUT2D eigenvalue weighted by molar-refractivity contribution is -0.130. The summed E-state index contributed by atoms with van der Waals surface area (Å²) in [4.78, 5) is 14.3.